The number of ether oxygens (including phenoxy) is 2. The zero-order valence-corrected chi connectivity index (χ0v) is 21.3. The summed E-state index contributed by atoms with van der Waals surface area (Å²) in [6.45, 7) is 13.1. The van der Waals surface area contributed by atoms with Crippen molar-refractivity contribution < 1.29 is 19.1 Å². The number of amides is 2. The molecule has 0 aliphatic carbocycles. The van der Waals surface area contributed by atoms with Gasteiger partial charge in [0.25, 0.3) is 0 Å². The molecule has 1 aliphatic rings. The number of thioether (sulfide) groups is 1. The van der Waals surface area contributed by atoms with Crippen molar-refractivity contribution in [1.29, 1.82) is 0 Å². The van der Waals surface area contributed by atoms with E-state index in [1.807, 2.05) is 39.5 Å². The molecule has 33 heavy (non-hydrogen) atoms. The highest BCUT2D eigenvalue weighted by Gasteiger charge is 2.21. The van der Waals surface area contributed by atoms with Crippen LogP contribution >= 0.6 is 11.8 Å². The number of hydrogen-bond donors (Lipinski definition) is 2. The molecule has 2 N–H and O–H groups in total. The molecular formula is C24H38N4O4S. The lowest BCUT2D eigenvalue weighted by Gasteiger charge is -2.24. The molecule has 0 bridgehead atoms. The fourth-order valence-corrected chi connectivity index (χ4v) is 4.14. The quantitative estimate of drug-likeness (QED) is 0.446. The van der Waals surface area contributed by atoms with Crippen LogP contribution in [-0.4, -0.2) is 67.7 Å². The van der Waals surface area contributed by atoms with Crippen molar-refractivity contribution in [2.24, 2.45) is 11.0 Å². The first-order valence-corrected chi connectivity index (χ1v) is 12.7. The minimum atomic E-state index is -0.488. The van der Waals surface area contributed by atoms with Gasteiger partial charge in [-0.15, -0.1) is 0 Å². The zero-order valence-electron chi connectivity index (χ0n) is 20.5. The molecular weight excluding hydrogens is 440 g/mol. The molecule has 0 unspecified atom stereocenters. The molecule has 8 nitrogen and oxygen atoms in total. The van der Waals surface area contributed by atoms with E-state index >= 15 is 0 Å². The van der Waals surface area contributed by atoms with Crippen LogP contribution in [0.1, 0.15) is 46.6 Å². The molecule has 1 atom stereocenters. The van der Waals surface area contributed by atoms with E-state index in [0.717, 1.165) is 35.9 Å². The highest BCUT2D eigenvalue weighted by atomic mass is 32.2. The van der Waals surface area contributed by atoms with Crippen molar-refractivity contribution in [2.75, 3.05) is 49.3 Å². The number of hydrogen-bond acceptors (Lipinski definition) is 7. The zero-order chi connectivity index (χ0) is 24.3. The van der Waals surface area contributed by atoms with Gasteiger partial charge in [0.2, 0.25) is 5.91 Å². The van der Waals surface area contributed by atoms with E-state index in [1.165, 1.54) is 5.69 Å². The lowest BCUT2D eigenvalue weighted by molar-refractivity contribution is -0.121. The maximum Gasteiger partial charge on any atom is 0.407 e. The Morgan fingerprint density at radius 2 is 1.97 bits per heavy atom. The summed E-state index contributed by atoms with van der Waals surface area (Å²) >= 11 is 1.85. The molecule has 0 saturated heterocycles. The highest BCUT2D eigenvalue weighted by Crippen LogP contribution is 2.21. The first kappa shape index (κ1) is 27.0. The SMILES string of the molecule is CCN(CCSCCOCCNC(=O)OC(C)(C)C)c1ccc(C2=NNC(=O)C[C@H]2C)cc1. The van der Waals surface area contributed by atoms with E-state index in [1.54, 1.807) is 0 Å². The number of anilines is 1. The smallest absolute Gasteiger partial charge is 0.407 e. The van der Waals surface area contributed by atoms with Crippen LogP contribution in [0.25, 0.3) is 0 Å². The fourth-order valence-electron chi connectivity index (χ4n) is 3.35. The van der Waals surface area contributed by atoms with Crippen molar-refractivity contribution in [1.82, 2.24) is 10.7 Å². The molecule has 1 aromatic carbocycles. The van der Waals surface area contributed by atoms with Gasteiger partial charge in [-0.25, -0.2) is 10.2 Å². The topological polar surface area (TPSA) is 92.3 Å². The third-order valence-electron chi connectivity index (χ3n) is 4.96. The molecule has 1 heterocycles. The Kier molecular flexibility index (Phi) is 11.0. The maximum absolute atomic E-state index is 11.5. The van der Waals surface area contributed by atoms with E-state index in [4.69, 9.17) is 9.47 Å². The summed E-state index contributed by atoms with van der Waals surface area (Å²) in [5.74, 6) is 2.01. The molecule has 1 aliphatic heterocycles. The number of nitrogens with zero attached hydrogens (tertiary/aromatic N) is 2. The lowest BCUT2D eigenvalue weighted by Crippen LogP contribution is -2.34. The Labute approximate surface area is 201 Å². The highest BCUT2D eigenvalue weighted by molar-refractivity contribution is 7.99. The third-order valence-corrected chi connectivity index (χ3v) is 5.89. The van der Waals surface area contributed by atoms with Crippen LogP contribution < -0.4 is 15.6 Å². The second-order valence-corrected chi connectivity index (χ2v) is 10.1. The van der Waals surface area contributed by atoms with Crippen LogP contribution in [0.4, 0.5) is 10.5 Å². The van der Waals surface area contributed by atoms with Gasteiger partial charge in [0, 0.05) is 49.2 Å². The van der Waals surface area contributed by atoms with Crippen molar-refractivity contribution in [3.8, 4) is 0 Å². The van der Waals surface area contributed by atoms with Crippen LogP contribution in [0, 0.1) is 5.92 Å². The minimum absolute atomic E-state index is 0.0274. The minimum Gasteiger partial charge on any atom is -0.444 e. The Morgan fingerprint density at radius 3 is 2.61 bits per heavy atom. The maximum atomic E-state index is 11.5. The van der Waals surface area contributed by atoms with Crippen molar-refractivity contribution in [3.63, 3.8) is 0 Å². The van der Waals surface area contributed by atoms with Gasteiger partial charge in [0.15, 0.2) is 0 Å². The van der Waals surface area contributed by atoms with Gasteiger partial charge in [0.1, 0.15) is 5.60 Å². The second-order valence-electron chi connectivity index (χ2n) is 8.92. The van der Waals surface area contributed by atoms with Gasteiger partial charge < -0.3 is 19.7 Å². The number of carbonyl (C=O) groups is 2. The summed E-state index contributed by atoms with van der Waals surface area (Å²) in [7, 11) is 0. The van der Waals surface area contributed by atoms with Gasteiger partial charge in [-0.1, -0.05) is 19.1 Å². The summed E-state index contributed by atoms with van der Waals surface area (Å²) < 4.78 is 10.8. The molecule has 184 valence electrons. The van der Waals surface area contributed by atoms with Crippen LogP contribution in [0.15, 0.2) is 29.4 Å². The first-order chi connectivity index (χ1) is 15.7. The van der Waals surface area contributed by atoms with Gasteiger partial charge in [-0.2, -0.15) is 16.9 Å². The number of alkyl carbamates (subject to hydrolysis) is 1. The fraction of sp³-hybridized carbons (Fsp3) is 0.625. The van der Waals surface area contributed by atoms with Crippen molar-refractivity contribution in [2.45, 2.75) is 46.6 Å². The number of hydrazone groups is 1. The molecule has 0 fully saturated rings. The van der Waals surface area contributed by atoms with E-state index in [-0.39, 0.29) is 11.8 Å². The number of nitrogens with one attached hydrogen (secondary N) is 2. The third kappa shape index (κ3) is 10.0. The summed E-state index contributed by atoms with van der Waals surface area (Å²) in [4.78, 5) is 25.3. The second kappa shape index (κ2) is 13.4. The Hall–Kier alpha value is -2.26. The van der Waals surface area contributed by atoms with E-state index < -0.39 is 11.7 Å². The Bertz CT molecular complexity index is 793. The van der Waals surface area contributed by atoms with E-state index in [2.05, 4.69) is 51.9 Å². The normalized spacial score (nSPS) is 16.1. The molecule has 0 spiro atoms. The summed E-state index contributed by atoms with van der Waals surface area (Å²) in [6, 6.07) is 8.40. The van der Waals surface area contributed by atoms with Crippen molar-refractivity contribution >= 4 is 35.2 Å². The average Bonchev–Trinajstić information content (AvgIpc) is 2.74. The summed E-state index contributed by atoms with van der Waals surface area (Å²) in [5, 5.41) is 6.92. The molecule has 2 rings (SSSR count). The van der Waals surface area contributed by atoms with Gasteiger partial charge >= 0.3 is 6.09 Å². The first-order valence-electron chi connectivity index (χ1n) is 11.5. The molecule has 1 aromatic rings. The van der Waals surface area contributed by atoms with Crippen LogP contribution in [0.3, 0.4) is 0 Å². The number of rotatable bonds is 12. The monoisotopic (exact) mass is 478 g/mol. The Morgan fingerprint density at radius 1 is 1.24 bits per heavy atom. The van der Waals surface area contributed by atoms with Gasteiger partial charge in [-0.05, 0) is 45.4 Å². The van der Waals surface area contributed by atoms with Gasteiger partial charge in [0.05, 0.1) is 18.9 Å². The van der Waals surface area contributed by atoms with Crippen LogP contribution in [-0.2, 0) is 14.3 Å². The van der Waals surface area contributed by atoms with E-state index in [0.29, 0.717) is 26.2 Å². The van der Waals surface area contributed by atoms with Crippen LogP contribution in [0.2, 0.25) is 0 Å². The lowest BCUT2D eigenvalue weighted by atomic mass is 9.94. The summed E-state index contributed by atoms with van der Waals surface area (Å²) in [5.41, 5.74) is 5.25. The van der Waals surface area contributed by atoms with E-state index in [9.17, 15) is 9.59 Å². The predicted octanol–water partition coefficient (Wildman–Crippen LogP) is 3.65. The predicted molar refractivity (Wildman–Crippen MR) is 135 cm³/mol. The largest absolute Gasteiger partial charge is 0.444 e. The average molecular weight is 479 g/mol. The molecule has 0 radical (unpaired) electrons. The molecule has 0 aromatic heterocycles. The number of carbonyl (C=O) groups excluding carboxylic acids is 2. The van der Waals surface area contributed by atoms with Crippen LogP contribution in [0.5, 0.6) is 0 Å². The molecule has 2 amide bonds. The van der Waals surface area contributed by atoms with Gasteiger partial charge in [-0.3, -0.25) is 4.79 Å². The Balaban J connectivity index is 1.62. The molecule has 9 heteroatoms. The number of benzene rings is 1. The summed E-state index contributed by atoms with van der Waals surface area (Å²) in [6.07, 6.45) is 0.0595. The standard InChI is InChI=1S/C24H38N4O4S/c1-6-28(12-15-33-16-14-31-13-11-25-23(30)32-24(3,4)5)20-9-7-19(8-10-20)22-18(2)17-21(29)26-27-22/h7-10,18H,6,11-17H2,1-5H3,(H,25,30)(H,26,29)/t18-/m1/s1. The molecule has 0 saturated carbocycles. The van der Waals surface area contributed by atoms with Crippen molar-refractivity contribution in [3.05, 3.63) is 29.8 Å².